The molecule has 0 radical (unpaired) electrons. The van der Waals surface area contributed by atoms with Crippen molar-refractivity contribution in [2.24, 2.45) is 4.99 Å². The third kappa shape index (κ3) is 6.70. The topological polar surface area (TPSA) is 78.4 Å². The van der Waals surface area contributed by atoms with Crippen LogP contribution in [0.1, 0.15) is 18.9 Å². The number of halogens is 2. The highest BCUT2D eigenvalue weighted by Gasteiger charge is 2.25. The molecule has 0 amide bonds. The van der Waals surface area contributed by atoms with Crippen molar-refractivity contribution < 1.29 is 14.6 Å². The van der Waals surface area contributed by atoms with Gasteiger partial charge in [-0.15, -0.1) is 24.0 Å². The normalized spacial score (nSPS) is 15.9. The van der Waals surface area contributed by atoms with Gasteiger partial charge in [0.05, 0.1) is 26.5 Å². The molecule has 2 aromatic rings. The molecule has 170 valence electrons. The van der Waals surface area contributed by atoms with Crippen LogP contribution >= 0.6 is 35.6 Å². The van der Waals surface area contributed by atoms with E-state index in [4.69, 9.17) is 21.1 Å². The average molecular weight is 561 g/mol. The maximum absolute atomic E-state index is 9.96. The smallest absolute Gasteiger partial charge is 0.191 e. The van der Waals surface area contributed by atoms with Crippen molar-refractivity contribution in [1.29, 1.82) is 0 Å². The minimum absolute atomic E-state index is 0. The van der Waals surface area contributed by atoms with Crippen LogP contribution in [0.2, 0.25) is 5.02 Å². The molecule has 1 saturated heterocycles. The number of nitrogens with one attached hydrogen (secondary N) is 2. The van der Waals surface area contributed by atoms with E-state index in [1.54, 1.807) is 19.2 Å². The van der Waals surface area contributed by atoms with E-state index in [1.807, 2.05) is 31.2 Å². The van der Waals surface area contributed by atoms with E-state index in [0.29, 0.717) is 17.3 Å². The van der Waals surface area contributed by atoms with Crippen molar-refractivity contribution in [2.75, 3.05) is 38.8 Å². The molecule has 1 aliphatic heterocycles. The lowest BCUT2D eigenvalue weighted by molar-refractivity contribution is 0.373. The highest BCUT2D eigenvalue weighted by Crippen LogP contribution is 2.33. The van der Waals surface area contributed by atoms with Crippen molar-refractivity contribution in [3.63, 3.8) is 0 Å². The molecule has 31 heavy (non-hydrogen) atoms. The molecule has 1 unspecified atom stereocenters. The molecule has 1 heterocycles. The Morgan fingerprint density at radius 1 is 1.19 bits per heavy atom. The number of aromatic hydroxyl groups is 1. The fourth-order valence-electron chi connectivity index (χ4n) is 3.52. The first-order valence-corrected chi connectivity index (χ1v) is 10.4. The van der Waals surface area contributed by atoms with Gasteiger partial charge in [0.2, 0.25) is 0 Å². The zero-order chi connectivity index (χ0) is 21.5. The molecule has 7 nitrogen and oxygen atoms in total. The van der Waals surface area contributed by atoms with Gasteiger partial charge in [-0.3, -0.25) is 0 Å². The lowest BCUT2D eigenvalue weighted by Gasteiger charge is -2.22. The summed E-state index contributed by atoms with van der Waals surface area (Å²) in [6.45, 7) is 4.97. The number of anilines is 1. The van der Waals surface area contributed by atoms with Gasteiger partial charge in [-0.2, -0.15) is 0 Å². The molecule has 1 aliphatic rings. The van der Waals surface area contributed by atoms with Gasteiger partial charge in [0.25, 0.3) is 0 Å². The Kier molecular flexibility index (Phi) is 9.83. The van der Waals surface area contributed by atoms with Crippen LogP contribution in [0.15, 0.2) is 41.4 Å². The summed E-state index contributed by atoms with van der Waals surface area (Å²) >= 11 is 6.19. The van der Waals surface area contributed by atoms with Crippen LogP contribution in [0, 0.1) is 0 Å². The molecule has 3 rings (SSSR count). The molecule has 9 heteroatoms. The van der Waals surface area contributed by atoms with Gasteiger partial charge in [-0.25, -0.2) is 4.99 Å². The number of hydrogen-bond acceptors (Lipinski definition) is 5. The Balaban J connectivity index is 0.00000341. The summed E-state index contributed by atoms with van der Waals surface area (Å²) in [6, 6.07) is 11.2. The summed E-state index contributed by atoms with van der Waals surface area (Å²) in [4.78, 5) is 6.94. The fraction of sp³-hybridized carbons (Fsp3) is 0.409. The molecule has 0 spiro atoms. The van der Waals surface area contributed by atoms with Crippen LogP contribution in [0.4, 0.5) is 5.69 Å². The predicted molar refractivity (Wildman–Crippen MR) is 137 cm³/mol. The lowest BCUT2D eigenvalue weighted by atomic mass is 10.2. The van der Waals surface area contributed by atoms with E-state index in [1.165, 1.54) is 7.11 Å². The molecule has 3 N–H and O–H groups in total. The van der Waals surface area contributed by atoms with Crippen LogP contribution in [0.3, 0.4) is 0 Å². The maximum Gasteiger partial charge on any atom is 0.191 e. The molecule has 0 saturated carbocycles. The summed E-state index contributed by atoms with van der Waals surface area (Å²) < 4.78 is 10.6. The van der Waals surface area contributed by atoms with E-state index in [-0.39, 0.29) is 35.8 Å². The number of phenols is 1. The van der Waals surface area contributed by atoms with Crippen LogP contribution in [0.5, 0.6) is 17.2 Å². The van der Waals surface area contributed by atoms with Gasteiger partial charge in [0.15, 0.2) is 17.5 Å². The Bertz CT molecular complexity index is 897. The van der Waals surface area contributed by atoms with Crippen LogP contribution in [-0.2, 0) is 6.54 Å². The van der Waals surface area contributed by atoms with Gasteiger partial charge < -0.3 is 30.1 Å². The minimum Gasteiger partial charge on any atom is -0.504 e. The molecule has 1 fully saturated rings. The Morgan fingerprint density at radius 2 is 1.94 bits per heavy atom. The van der Waals surface area contributed by atoms with Crippen LogP contribution in [-0.4, -0.2) is 51.0 Å². The predicted octanol–water partition coefficient (Wildman–Crippen LogP) is 4.01. The van der Waals surface area contributed by atoms with Crippen LogP contribution < -0.4 is 25.0 Å². The monoisotopic (exact) mass is 560 g/mol. The number of aliphatic imine (C=N–C) groups is 1. The number of nitrogens with zero attached hydrogens (tertiary/aromatic N) is 2. The van der Waals surface area contributed by atoms with E-state index in [2.05, 4.69) is 20.5 Å². The second kappa shape index (κ2) is 12.1. The summed E-state index contributed by atoms with van der Waals surface area (Å²) in [6.07, 6.45) is 0.976. The molecule has 0 aromatic heterocycles. The van der Waals surface area contributed by atoms with Gasteiger partial charge in [0, 0.05) is 30.7 Å². The zero-order valence-electron chi connectivity index (χ0n) is 18.0. The number of phenolic OH excluding ortho intramolecular Hbond substituents is 1. The third-order valence-electron chi connectivity index (χ3n) is 5.02. The zero-order valence-corrected chi connectivity index (χ0v) is 21.1. The van der Waals surface area contributed by atoms with E-state index in [0.717, 1.165) is 49.0 Å². The van der Waals surface area contributed by atoms with Crippen molar-refractivity contribution in [3.8, 4) is 17.2 Å². The highest BCUT2D eigenvalue weighted by atomic mass is 127. The number of guanidine groups is 1. The minimum atomic E-state index is 0. The standard InChI is InChI=1S/C22H29ClN4O3.HI/c1-4-24-22(25-13-15-5-7-21(30-3)19(28)11-15)26-17-9-10-27(14-17)18-12-16(23)6-8-20(18)29-2;/h5-8,11-12,17,28H,4,9-10,13-14H2,1-3H3,(H2,24,25,26);1H. The summed E-state index contributed by atoms with van der Waals surface area (Å²) in [7, 11) is 3.20. The highest BCUT2D eigenvalue weighted by molar-refractivity contribution is 14.0. The third-order valence-corrected chi connectivity index (χ3v) is 5.25. The SMILES string of the molecule is CCNC(=NCc1ccc(OC)c(O)c1)NC1CCN(c2cc(Cl)ccc2OC)C1.I. The van der Waals surface area contributed by atoms with E-state index >= 15 is 0 Å². The number of rotatable bonds is 7. The first-order valence-electron chi connectivity index (χ1n) is 10.0. The van der Waals surface area contributed by atoms with Crippen LogP contribution in [0.25, 0.3) is 0 Å². The van der Waals surface area contributed by atoms with Crippen molar-refractivity contribution in [1.82, 2.24) is 10.6 Å². The van der Waals surface area contributed by atoms with Gasteiger partial charge in [-0.1, -0.05) is 17.7 Å². The molecule has 0 aliphatic carbocycles. The summed E-state index contributed by atoms with van der Waals surface area (Å²) in [5.74, 6) is 2.14. The molecule has 0 bridgehead atoms. The largest absolute Gasteiger partial charge is 0.504 e. The first kappa shape index (κ1) is 25.2. The Morgan fingerprint density at radius 3 is 2.61 bits per heavy atom. The fourth-order valence-corrected chi connectivity index (χ4v) is 3.69. The number of methoxy groups -OCH3 is 2. The van der Waals surface area contributed by atoms with Crippen molar-refractivity contribution in [2.45, 2.75) is 25.9 Å². The first-order chi connectivity index (χ1) is 14.5. The summed E-state index contributed by atoms with van der Waals surface area (Å²) in [5, 5.41) is 17.5. The summed E-state index contributed by atoms with van der Waals surface area (Å²) in [5.41, 5.74) is 1.91. The van der Waals surface area contributed by atoms with Gasteiger partial charge >= 0.3 is 0 Å². The lowest BCUT2D eigenvalue weighted by Crippen LogP contribution is -2.44. The average Bonchev–Trinajstić information content (AvgIpc) is 3.20. The number of hydrogen-bond donors (Lipinski definition) is 3. The second-order valence-electron chi connectivity index (χ2n) is 7.09. The molecular weight excluding hydrogens is 531 g/mol. The maximum atomic E-state index is 9.96. The Labute approximate surface area is 205 Å². The molecule has 2 aromatic carbocycles. The van der Waals surface area contributed by atoms with E-state index in [9.17, 15) is 5.11 Å². The molecular formula is C22H30ClIN4O3. The Hall–Kier alpha value is -2.07. The quantitative estimate of drug-likeness (QED) is 0.270. The number of benzene rings is 2. The van der Waals surface area contributed by atoms with Gasteiger partial charge in [-0.05, 0) is 49.2 Å². The van der Waals surface area contributed by atoms with E-state index < -0.39 is 0 Å². The number of ether oxygens (including phenoxy) is 2. The molecule has 1 atom stereocenters. The van der Waals surface area contributed by atoms with Gasteiger partial charge in [0.1, 0.15) is 5.75 Å². The second-order valence-corrected chi connectivity index (χ2v) is 7.53. The van der Waals surface area contributed by atoms with Crippen molar-refractivity contribution in [3.05, 3.63) is 47.0 Å². The van der Waals surface area contributed by atoms with Crippen molar-refractivity contribution >= 4 is 47.2 Å².